The van der Waals surface area contributed by atoms with Crippen molar-refractivity contribution < 1.29 is 9.47 Å². The van der Waals surface area contributed by atoms with Crippen LogP contribution in [0.2, 0.25) is 0 Å². The zero-order chi connectivity index (χ0) is 13.0. The summed E-state index contributed by atoms with van der Waals surface area (Å²) < 4.78 is 10.5. The number of aromatic nitrogens is 2. The van der Waals surface area contributed by atoms with Crippen LogP contribution in [0.3, 0.4) is 0 Å². The van der Waals surface area contributed by atoms with Gasteiger partial charge < -0.3 is 20.9 Å². The number of methoxy groups -OCH3 is 1. The number of ether oxygens (including phenoxy) is 2. The molecule has 6 nitrogen and oxygen atoms in total. The summed E-state index contributed by atoms with van der Waals surface area (Å²) in [5.74, 6) is 0.498. The first-order valence-electron chi connectivity index (χ1n) is 5.34. The van der Waals surface area contributed by atoms with Crippen molar-refractivity contribution in [2.75, 3.05) is 18.6 Å². The molecule has 0 aliphatic rings. The Morgan fingerprint density at radius 3 is 2.39 bits per heavy atom. The standard InChI is InChI=1S/C12H14N4O2/c1-17-10-9(13)11(16-12(14)15-10)18-7-8-5-3-2-4-6-8/h2-6H,7,13H2,1H3,(H2,14,15,16). The van der Waals surface area contributed by atoms with Crippen molar-refractivity contribution in [1.29, 1.82) is 0 Å². The normalized spacial score (nSPS) is 10.1. The van der Waals surface area contributed by atoms with E-state index in [9.17, 15) is 0 Å². The number of anilines is 2. The van der Waals surface area contributed by atoms with E-state index in [1.165, 1.54) is 7.11 Å². The van der Waals surface area contributed by atoms with Gasteiger partial charge in [0.15, 0.2) is 5.69 Å². The molecule has 18 heavy (non-hydrogen) atoms. The highest BCUT2D eigenvalue weighted by atomic mass is 16.5. The maximum absolute atomic E-state index is 5.80. The Balaban J connectivity index is 2.17. The number of nitrogens with two attached hydrogens (primary N) is 2. The summed E-state index contributed by atoms with van der Waals surface area (Å²) in [7, 11) is 1.46. The van der Waals surface area contributed by atoms with Crippen LogP contribution in [-0.4, -0.2) is 17.1 Å². The topological polar surface area (TPSA) is 96.3 Å². The Bertz CT molecular complexity index is 531. The third-order valence-corrected chi connectivity index (χ3v) is 2.30. The highest BCUT2D eigenvalue weighted by molar-refractivity contribution is 5.58. The van der Waals surface area contributed by atoms with Crippen LogP contribution >= 0.6 is 0 Å². The van der Waals surface area contributed by atoms with E-state index in [-0.39, 0.29) is 23.4 Å². The van der Waals surface area contributed by atoms with Crippen LogP contribution in [0.15, 0.2) is 30.3 Å². The predicted molar refractivity (Wildman–Crippen MR) is 68.2 cm³/mol. The summed E-state index contributed by atoms with van der Waals surface area (Å²) >= 11 is 0. The van der Waals surface area contributed by atoms with Crippen molar-refractivity contribution in [2.45, 2.75) is 6.61 Å². The molecule has 0 amide bonds. The van der Waals surface area contributed by atoms with Gasteiger partial charge in [0.25, 0.3) is 0 Å². The lowest BCUT2D eigenvalue weighted by atomic mass is 10.2. The minimum absolute atomic E-state index is 0.0594. The molecule has 1 heterocycles. The van der Waals surface area contributed by atoms with Gasteiger partial charge in [0.1, 0.15) is 6.61 Å². The molecule has 2 rings (SSSR count). The molecule has 94 valence electrons. The summed E-state index contributed by atoms with van der Waals surface area (Å²) in [5, 5.41) is 0. The number of hydrogen-bond acceptors (Lipinski definition) is 6. The number of hydrogen-bond donors (Lipinski definition) is 2. The summed E-state index contributed by atoms with van der Waals surface area (Å²) in [4.78, 5) is 7.78. The first-order valence-corrected chi connectivity index (χ1v) is 5.34. The first kappa shape index (κ1) is 12.0. The molecule has 0 atom stereocenters. The number of rotatable bonds is 4. The fourth-order valence-corrected chi connectivity index (χ4v) is 1.44. The molecule has 4 N–H and O–H groups in total. The van der Waals surface area contributed by atoms with Gasteiger partial charge in [-0.25, -0.2) is 0 Å². The Morgan fingerprint density at radius 1 is 1.06 bits per heavy atom. The maximum atomic E-state index is 5.80. The van der Waals surface area contributed by atoms with E-state index >= 15 is 0 Å². The Hall–Kier alpha value is -2.50. The zero-order valence-corrected chi connectivity index (χ0v) is 9.96. The van der Waals surface area contributed by atoms with E-state index in [0.29, 0.717) is 6.61 Å². The second kappa shape index (κ2) is 5.22. The zero-order valence-electron chi connectivity index (χ0n) is 9.96. The quantitative estimate of drug-likeness (QED) is 0.842. The second-order valence-corrected chi connectivity index (χ2v) is 3.58. The molecule has 0 bridgehead atoms. The molecule has 0 spiro atoms. The second-order valence-electron chi connectivity index (χ2n) is 3.58. The fraction of sp³-hybridized carbons (Fsp3) is 0.167. The van der Waals surface area contributed by atoms with Crippen LogP contribution < -0.4 is 20.9 Å². The molecule has 1 aromatic heterocycles. The van der Waals surface area contributed by atoms with Crippen LogP contribution in [0.4, 0.5) is 11.6 Å². The van der Waals surface area contributed by atoms with Crippen molar-refractivity contribution in [1.82, 2.24) is 9.97 Å². The van der Waals surface area contributed by atoms with E-state index in [1.54, 1.807) is 0 Å². The van der Waals surface area contributed by atoms with Gasteiger partial charge in [-0.1, -0.05) is 30.3 Å². The molecular weight excluding hydrogens is 232 g/mol. The molecule has 2 aromatic rings. The van der Waals surface area contributed by atoms with Gasteiger partial charge in [-0.2, -0.15) is 9.97 Å². The average molecular weight is 246 g/mol. The van der Waals surface area contributed by atoms with Gasteiger partial charge in [0.05, 0.1) is 7.11 Å². The van der Waals surface area contributed by atoms with Gasteiger partial charge in [0, 0.05) is 0 Å². The van der Waals surface area contributed by atoms with Crippen molar-refractivity contribution >= 4 is 11.6 Å². The fourth-order valence-electron chi connectivity index (χ4n) is 1.44. The molecule has 6 heteroatoms. The predicted octanol–water partition coefficient (Wildman–Crippen LogP) is 1.23. The van der Waals surface area contributed by atoms with Crippen LogP contribution in [0, 0.1) is 0 Å². The average Bonchev–Trinajstić information content (AvgIpc) is 2.40. The van der Waals surface area contributed by atoms with Crippen LogP contribution in [0.5, 0.6) is 11.8 Å². The molecule has 0 aliphatic heterocycles. The number of nitrogens with zero attached hydrogens (tertiary/aromatic N) is 2. The summed E-state index contributed by atoms with van der Waals surface area (Å²) in [5.41, 5.74) is 12.6. The van der Waals surface area contributed by atoms with Gasteiger partial charge in [-0.3, -0.25) is 0 Å². The summed E-state index contributed by atoms with van der Waals surface area (Å²) in [6, 6.07) is 9.67. The molecule has 0 saturated heterocycles. The van der Waals surface area contributed by atoms with E-state index in [2.05, 4.69) is 9.97 Å². The van der Waals surface area contributed by atoms with Crippen molar-refractivity contribution in [2.24, 2.45) is 0 Å². The van der Waals surface area contributed by atoms with Crippen LogP contribution in [-0.2, 0) is 6.61 Å². The van der Waals surface area contributed by atoms with E-state index in [0.717, 1.165) is 5.56 Å². The molecule has 0 aliphatic carbocycles. The molecule has 0 unspecified atom stereocenters. The van der Waals surface area contributed by atoms with Gasteiger partial charge in [-0.05, 0) is 5.56 Å². The van der Waals surface area contributed by atoms with E-state index in [1.807, 2.05) is 30.3 Å². The van der Waals surface area contributed by atoms with Gasteiger partial charge in [-0.15, -0.1) is 0 Å². The molecule has 1 aromatic carbocycles. The third-order valence-electron chi connectivity index (χ3n) is 2.30. The lowest BCUT2D eigenvalue weighted by molar-refractivity contribution is 0.292. The molecule has 0 fully saturated rings. The third kappa shape index (κ3) is 2.60. The summed E-state index contributed by atoms with van der Waals surface area (Å²) in [6.07, 6.45) is 0. The maximum Gasteiger partial charge on any atom is 0.246 e. The van der Waals surface area contributed by atoms with Crippen molar-refractivity contribution in [3.8, 4) is 11.8 Å². The lowest BCUT2D eigenvalue weighted by Gasteiger charge is -2.10. The highest BCUT2D eigenvalue weighted by Gasteiger charge is 2.12. The van der Waals surface area contributed by atoms with Crippen molar-refractivity contribution in [3.05, 3.63) is 35.9 Å². The summed E-state index contributed by atoms with van der Waals surface area (Å²) in [6.45, 7) is 0.352. The van der Waals surface area contributed by atoms with E-state index < -0.39 is 0 Å². The minimum Gasteiger partial charge on any atom is -0.479 e. The first-order chi connectivity index (χ1) is 8.70. The van der Waals surface area contributed by atoms with Crippen LogP contribution in [0.25, 0.3) is 0 Å². The van der Waals surface area contributed by atoms with Crippen LogP contribution in [0.1, 0.15) is 5.56 Å². The number of benzene rings is 1. The number of nitrogen functional groups attached to an aromatic ring is 2. The van der Waals surface area contributed by atoms with E-state index in [4.69, 9.17) is 20.9 Å². The largest absolute Gasteiger partial charge is 0.479 e. The molecule has 0 saturated carbocycles. The molecule has 0 radical (unpaired) electrons. The van der Waals surface area contributed by atoms with Crippen molar-refractivity contribution in [3.63, 3.8) is 0 Å². The minimum atomic E-state index is 0.0594. The van der Waals surface area contributed by atoms with Gasteiger partial charge in [0.2, 0.25) is 17.7 Å². The Kier molecular flexibility index (Phi) is 3.47. The Labute approximate surface area is 105 Å². The Morgan fingerprint density at radius 2 is 1.72 bits per heavy atom. The molecular formula is C12H14N4O2. The lowest BCUT2D eigenvalue weighted by Crippen LogP contribution is -2.07. The monoisotopic (exact) mass is 246 g/mol. The smallest absolute Gasteiger partial charge is 0.246 e. The SMILES string of the molecule is COc1nc(N)nc(OCc2ccccc2)c1N. The highest BCUT2D eigenvalue weighted by Crippen LogP contribution is 2.28. The van der Waals surface area contributed by atoms with Gasteiger partial charge >= 0.3 is 0 Å².